The molecule has 7 nitrogen and oxygen atoms in total. The van der Waals surface area contributed by atoms with Crippen LogP contribution in [-0.4, -0.2) is 35.5 Å². The van der Waals surface area contributed by atoms with Gasteiger partial charge in [0.25, 0.3) is 5.91 Å². The molecule has 2 aromatic rings. The predicted molar refractivity (Wildman–Crippen MR) is 103 cm³/mol. The lowest BCUT2D eigenvalue weighted by Crippen LogP contribution is -2.32. The number of likely N-dealkylation sites (tertiary alicyclic amines) is 1. The first kappa shape index (κ1) is 18.5. The van der Waals surface area contributed by atoms with E-state index in [2.05, 4.69) is 10.5 Å². The molecular formula is C21H25N3O4. The largest absolute Gasteiger partial charge is 0.459 e. The van der Waals surface area contributed by atoms with Gasteiger partial charge in [0.15, 0.2) is 11.5 Å². The number of nitrogens with one attached hydrogen (secondary N) is 1. The minimum absolute atomic E-state index is 0.0345. The zero-order valence-corrected chi connectivity index (χ0v) is 16.1. The first-order valence-electron chi connectivity index (χ1n) is 9.97. The Morgan fingerprint density at radius 2 is 1.89 bits per heavy atom. The Kier molecular flexibility index (Phi) is 5.32. The average Bonchev–Trinajstić information content (AvgIpc) is 3.27. The summed E-state index contributed by atoms with van der Waals surface area (Å²) >= 11 is 0. The highest BCUT2D eigenvalue weighted by Crippen LogP contribution is 2.31. The summed E-state index contributed by atoms with van der Waals surface area (Å²) in [5.74, 6) is 0.979. The highest BCUT2D eigenvalue weighted by molar-refractivity contribution is 6.07. The maximum Gasteiger partial charge on any atom is 0.307 e. The second kappa shape index (κ2) is 8.04. The van der Waals surface area contributed by atoms with Crippen molar-refractivity contribution in [1.82, 2.24) is 10.3 Å². The Morgan fingerprint density at radius 1 is 1.11 bits per heavy atom. The van der Waals surface area contributed by atoms with Crippen molar-refractivity contribution < 1.29 is 18.4 Å². The van der Waals surface area contributed by atoms with Crippen molar-refractivity contribution in [3.63, 3.8) is 0 Å². The smallest absolute Gasteiger partial charge is 0.307 e. The maximum absolute atomic E-state index is 13.0. The fraction of sp³-hybridized carbons (Fsp3) is 0.476. The van der Waals surface area contributed by atoms with Crippen LogP contribution in [0.2, 0.25) is 0 Å². The third kappa shape index (κ3) is 3.61. The summed E-state index contributed by atoms with van der Waals surface area (Å²) in [7, 11) is 0. The Bertz CT molecular complexity index is 887. The summed E-state index contributed by atoms with van der Waals surface area (Å²) in [6, 6.07) is 3.24. The van der Waals surface area contributed by atoms with E-state index in [1.165, 1.54) is 19.1 Å². The number of aryl methyl sites for hydroxylation is 1. The highest BCUT2D eigenvalue weighted by atomic mass is 16.4. The van der Waals surface area contributed by atoms with E-state index in [1.54, 1.807) is 12.1 Å². The van der Waals surface area contributed by atoms with Gasteiger partial charge in [0.05, 0.1) is 12.0 Å². The topological polar surface area (TPSA) is 88.0 Å². The van der Waals surface area contributed by atoms with Crippen molar-refractivity contribution in [3.8, 4) is 0 Å². The quantitative estimate of drug-likeness (QED) is 0.819. The summed E-state index contributed by atoms with van der Waals surface area (Å²) in [6.45, 7) is 3.47. The monoisotopic (exact) mass is 383 g/mol. The number of carbonyl (C=O) groups is 2. The van der Waals surface area contributed by atoms with Gasteiger partial charge >= 0.3 is 5.91 Å². The van der Waals surface area contributed by atoms with Crippen LogP contribution in [0.4, 0.5) is 0 Å². The molecule has 2 aliphatic rings. The van der Waals surface area contributed by atoms with Gasteiger partial charge in [-0.2, -0.15) is 5.10 Å². The third-order valence-corrected chi connectivity index (χ3v) is 5.45. The van der Waals surface area contributed by atoms with E-state index < -0.39 is 5.91 Å². The summed E-state index contributed by atoms with van der Waals surface area (Å²) in [5.41, 5.74) is 4.98. The summed E-state index contributed by atoms with van der Waals surface area (Å²) in [6.07, 6.45) is 8.23. The SMILES string of the molecule is Cc1c(C(=O)N2CCCCCC2)oc2c1/C(=N/NC(=O)c1ccco1)CCC2. The molecule has 0 bridgehead atoms. The van der Waals surface area contributed by atoms with Crippen molar-refractivity contribution in [2.24, 2.45) is 5.10 Å². The summed E-state index contributed by atoms with van der Waals surface area (Å²) in [5, 5.41) is 4.31. The Labute approximate surface area is 163 Å². The van der Waals surface area contributed by atoms with Crippen molar-refractivity contribution in [2.75, 3.05) is 13.1 Å². The molecule has 1 N–H and O–H groups in total. The van der Waals surface area contributed by atoms with Gasteiger partial charge in [0.1, 0.15) is 5.76 Å². The number of carbonyl (C=O) groups excluding carboxylic acids is 2. The normalized spacial score (nSPS) is 18.6. The van der Waals surface area contributed by atoms with Crippen LogP contribution in [0.25, 0.3) is 0 Å². The van der Waals surface area contributed by atoms with Gasteiger partial charge in [-0.15, -0.1) is 0 Å². The van der Waals surface area contributed by atoms with Crippen LogP contribution in [0.15, 0.2) is 32.3 Å². The molecule has 1 aliphatic heterocycles. The standard InChI is InChI=1S/C21H25N3O4/c1-14-18-15(22-23-20(25)17-10-7-13-27-17)8-6-9-16(18)28-19(14)21(26)24-11-4-2-3-5-12-24/h7,10,13H,2-6,8-9,11-12H2,1H3,(H,23,25)/b22-15+. The minimum Gasteiger partial charge on any atom is -0.459 e. The lowest BCUT2D eigenvalue weighted by Gasteiger charge is -2.19. The molecule has 0 spiro atoms. The predicted octanol–water partition coefficient (Wildman–Crippen LogP) is 3.67. The van der Waals surface area contributed by atoms with E-state index in [0.717, 1.165) is 67.8 Å². The molecule has 2 amide bonds. The first-order chi connectivity index (χ1) is 13.6. The van der Waals surface area contributed by atoms with E-state index in [4.69, 9.17) is 8.83 Å². The van der Waals surface area contributed by atoms with E-state index >= 15 is 0 Å². The molecule has 0 saturated carbocycles. The Morgan fingerprint density at radius 3 is 2.61 bits per heavy atom. The van der Waals surface area contributed by atoms with Crippen molar-refractivity contribution >= 4 is 17.5 Å². The van der Waals surface area contributed by atoms with Crippen LogP contribution in [0.5, 0.6) is 0 Å². The third-order valence-electron chi connectivity index (χ3n) is 5.45. The molecule has 3 heterocycles. The number of hydrogen-bond acceptors (Lipinski definition) is 5. The zero-order valence-electron chi connectivity index (χ0n) is 16.1. The van der Waals surface area contributed by atoms with Gasteiger partial charge in [-0.25, -0.2) is 5.43 Å². The number of hydrazone groups is 1. The second-order valence-electron chi connectivity index (χ2n) is 7.39. The molecule has 0 aromatic carbocycles. The van der Waals surface area contributed by atoms with Crippen LogP contribution in [0.3, 0.4) is 0 Å². The molecule has 0 atom stereocenters. The number of amides is 2. The molecule has 28 heavy (non-hydrogen) atoms. The van der Waals surface area contributed by atoms with Crippen molar-refractivity contribution in [3.05, 3.63) is 46.8 Å². The van der Waals surface area contributed by atoms with Gasteiger partial charge in [-0.05, 0) is 44.7 Å². The fourth-order valence-corrected chi connectivity index (χ4v) is 3.98. The number of furan rings is 2. The second-order valence-corrected chi connectivity index (χ2v) is 7.39. The van der Waals surface area contributed by atoms with E-state index in [0.29, 0.717) is 5.76 Å². The van der Waals surface area contributed by atoms with E-state index in [1.807, 2.05) is 11.8 Å². The lowest BCUT2D eigenvalue weighted by molar-refractivity contribution is 0.0726. The summed E-state index contributed by atoms with van der Waals surface area (Å²) < 4.78 is 11.1. The van der Waals surface area contributed by atoms with Gasteiger partial charge in [-0.3, -0.25) is 9.59 Å². The molecular weight excluding hydrogens is 358 g/mol. The molecule has 7 heteroatoms. The maximum atomic E-state index is 13.0. The number of rotatable bonds is 3. The molecule has 0 unspecified atom stereocenters. The van der Waals surface area contributed by atoms with Crippen molar-refractivity contribution in [1.29, 1.82) is 0 Å². The average molecular weight is 383 g/mol. The molecule has 148 valence electrons. The number of nitrogens with zero attached hydrogens (tertiary/aromatic N) is 2. The summed E-state index contributed by atoms with van der Waals surface area (Å²) in [4.78, 5) is 27.0. The van der Waals surface area contributed by atoms with Crippen LogP contribution in [-0.2, 0) is 6.42 Å². The van der Waals surface area contributed by atoms with Crippen LogP contribution < -0.4 is 5.43 Å². The lowest BCUT2D eigenvalue weighted by atomic mass is 9.93. The molecule has 2 aromatic heterocycles. The van der Waals surface area contributed by atoms with Gasteiger partial charge in [-0.1, -0.05) is 12.8 Å². The van der Waals surface area contributed by atoms with E-state index in [9.17, 15) is 9.59 Å². The Hall–Kier alpha value is -2.83. The van der Waals surface area contributed by atoms with E-state index in [-0.39, 0.29) is 11.7 Å². The van der Waals surface area contributed by atoms with Crippen LogP contribution in [0.1, 0.15) is 76.5 Å². The minimum atomic E-state index is -0.397. The van der Waals surface area contributed by atoms with Crippen LogP contribution >= 0.6 is 0 Å². The van der Waals surface area contributed by atoms with Gasteiger partial charge < -0.3 is 13.7 Å². The molecule has 0 radical (unpaired) electrons. The molecule has 4 rings (SSSR count). The van der Waals surface area contributed by atoms with Crippen LogP contribution in [0, 0.1) is 6.92 Å². The molecule has 1 saturated heterocycles. The number of hydrogen-bond donors (Lipinski definition) is 1. The van der Waals surface area contributed by atoms with Gasteiger partial charge in [0, 0.05) is 30.6 Å². The fourth-order valence-electron chi connectivity index (χ4n) is 3.98. The van der Waals surface area contributed by atoms with Crippen molar-refractivity contribution in [2.45, 2.75) is 51.9 Å². The molecule has 1 aliphatic carbocycles. The number of fused-ring (bicyclic) bond motifs is 1. The first-order valence-corrected chi connectivity index (χ1v) is 9.97. The Balaban J connectivity index is 1.58. The zero-order chi connectivity index (χ0) is 19.5. The molecule has 1 fully saturated rings. The van der Waals surface area contributed by atoms with Gasteiger partial charge in [0.2, 0.25) is 0 Å². The highest BCUT2D eigenvalue weighted by Gasteiger charge is 2.30.